The second kappa shape index (κ2) is 7.69. The Balaban J connectivity index is 1.77. The highest BCUT2D eigenvalue weighted by atomic mass is 14.9. The number of hydrogen-bond donors (Lipinski definition) is 0. The maximum atomic E-state index is 5.03. The Hall–Kier alpha value is -3.65. The number of aryl methyl sites for hydroxylation is 1. The molecular weight excluding hydrogens is 460 g/mol. The fourth-order valence-corrected chi connectivity index (χ4v) is 6.78. The van der Waals surface area contributed by atoms with Gasteiger partial charge in [0.25, 0.3) is 0 Å². The van der Waals surface area contributed by atoms with Gasteiger partial charge in [-0.05, 0) is 87.7 Å². The van der Waals surface area contributed by atoms with E-state index in [1.807, 2.05) is 6.20 Å². The summed E-state index contributed by atoms with van der Waals surface area (Å²) in [5, 5.41) is 9.08. The lowest BCUT2D eigenvalue weighted by atomic mass is 9.85. The standard InChI is InChI=1S/C36H36N2/c1-21-30(20-36(5,6)7)33-28-16-22(19-35(2,3)4)12-13-25(28)26-14-15-37-31-27-17-23-10-8-9-11-24(23)18-29(27)32(21)38(33)34(26)31/h8-18H,19-20H2,1-7H3. The third-order valence-electron chi connectivity index (χ3n) is 8.16. The Labute approximate surface area is 224 Å². The second-order valence-electron chi connectivity index (χ2n) is 13.8. The summed E-state index contributed by atoms with van der Waals surface area (Å²) in [4.78, 5) is 5.03. The third kappa shape index (κ3) is 3.42. The number of benzene rings is 3. The van der Waals surface area contributed by atoms with Crippen LogP contribution in [0.25, 0.3) is 59.8 Å². The van der Waals surface area contributed by atoms with E-state index < -0.39 is 0 Å². The maximum Gasteiger partial charge on any atom is 0.0955 e. The molecule has 0 saturated carbocycles. The minimum absolute atomic E-state index is 0.173. The van der Waals surface area contributed by atoms with Crippen molar-refractivity contribution >= 4 is 59.8 Å². The molecule has 0 N–H and O–H groups in total. The molecule has 0 aliphatic heterocycles. The zero-order valence-corrected chi connectivity index (χ0v) is 23.7. The quantitative estimate of drug-likeness (QED) is 0.172. The summed E-state index contributed by atoms with van der Waals surface area (Å²) >= 11 is 0. The van der Waals surface area contributed by atoms with E-state index in [1.54, 1.807) is 0 Å². The van der Waals surface area contributed by atoms with Gasteiger partial charge in [-0.15, -0.1) is 0 Å². The Morgan fingerprint density at radius 3 is 1.97 bits per heavy atom. The first-order valence-electron chi connectivity index (χ1n) is 13.9. The van der Waals surface area contributed by atoms with Crippen LogP contribution in [0.3, 0.4) is 0 Å². The van der Waals surface area contributed by atoms with Crippen molar-refractivity contribution in [2.45, 2.75) is 61.3 Å². The fourth-order valence-electron chi connectivity index (χ4n) is 6.78. The van der Waals surface area contributed by atoms with E-state index in [0.29, 0.717) is 0 Å². The van der Waals surface area contributed by atoms with Gasteiger partial charge in [-0.2, -0.15) is 0 Å². The molecule has 7 rings (SSSR count). The molecule has 0 aliphatic rings. The fraction of sp³-hybridized carbons (Fsp3) is 0.306. The Morgan fingerprint density at radius 1 is 0.632 bits per heavy atom. The van der Waals surface area contributed by atoms with Crippen molar-refractivity contribution in [1.82, 2.24) is 9.38 Å². The summed E-state index contributed by atoms with van der Waals surface area (Å²) in [6.45, 7) is 16.4. The van der Waals surface area contributed by atoms with E-state index in [0.717, 1.165) is 18.4 Å². The molecule has 0 spiro atoms. The van der Waals surface area contributed by atoms with Crippen LogP contribution in [0.5, 0.6) is 0 Å². The van der Waals surface area contributed by atoms with Crippen LogP contribution in [-0.2, 0) is 12.8 Å². The van der Waals surface area contributed by atoms with E-state index in [9.17, 15) is 0 Å². The molecular formula is C36H36N2. The zero-order chi connectivity index (χ0) is 26.6. The normalized spacial score (nSPS) is 13.3. The van der Waals surface area contributed by atoms with Crippen molar-refractivity contribution < 1.29 is 0 Å². The molecule has 2 heteroatoms. The van der Waals surface area contributed by atoms with Crippen LogP contribution >= 0.6 is 0 Å². The summed E-state index contributed by atoms with van der Waals surface area (Å²) in [5.41, 5.74) is 9.76. The summed E-state index contributed by atoms with van der Waals surface area (Å²) in [6.07, 6.45) is 4.10. The van der Waals surface area contributed by atoms with Gasteiger partial charge in [0, 0.05) is 27.7 Å². The van der Waals surface area contributed by atoms with Crippen LogP contribution in [0.4, 0.5) is 0 Å². The molecule has 0 unspecified atom stereocenters. The van der Waals surface area contributed by atoms with Crippen LogP contribution in [0, 0.1) is 17.8 Å². The van der Waals surface area contributed by atoms with Gasteiger partial charge in [-0.25, -0.2) is 0 Å². The van der Waals surface area contributed by atoms with Gasteiger partial charge in [0.15, 0.2) is 0 Å². The average molecular weight is 497 g/mol. The number of hydrogen-bond acceptors (Lipinski definition) is 1. The zero-order valence-electron chi connectivity index (χ0n) is 23.7. The summed E-state index contributed by atoms with van der Waals surface area (Å²) < 4.78 is 2.58. The van der Waals surface area contributed by atoms with Crippen LogP contribution in [0.1, 0.15) is 58.2 Å². The molecule has 0 fully saturated rings. The van der Waals surface area contributed by atoms with Gasteiger partial charge in [0.05, 0.1) is 22.1 Å². The smallest absolute Gasteiger partial charge is 0.0955 e. The largest absolute Gasteiger partial charge is 0.306 e. The lowest BCUT2D eigenvalue weighted by molar-refractivity contribution is 0.411. The summed E-state index contributed by atoms with van der Waals surface area (Å²) in [6, 6.07) is 22.9. The van der Waals surface area contributed by atoms with Crippen molar-refractivity contribution in [3.63, 3.8) is 0 Å². The van der Waals surface area contributed by atoms with Gasteiger partial charge in [0.2, 0.25) is 0 Å². The van der Waals surface area contributed by atoms with Crippen LogP contribution in [0.2, 0.25) is 0 Å². The van der Waals surface area contributed by atoms with Gasteiger partial charge in [-0.3, -0.25) is 4.98 Å². The number of fused-ring (bicyclic) bond motifs is 7. The summed E-state index contributed by atoms with van der Waals surface area (Å²) in [5.74, 6) is 0. The SMILES string of the molecule is Cc1c(CC(C)(C)C)c2c3cc(CC(C)(C)C)ccc3c3ccnc4c5cc6ccccc6cc5c1n2c34. The molecule has 190 valence electrons. The predicted molar refractivity (Wildman–Crippen MR) is 165 cm³/mol. The van der Waals surface area contributed by atoms with E-state index in [4.69, 9.17) is 4.98 Å². The van der Waals surface area contributed by atoms with Gasteiger partial charge < -0.3 is 4.40 Å². The molecule has 0 amide bonds. The highest BCUT2D eigenvalue weighted by molar-refractivity contribution is 6.26. The van der Waals surface area contributed by atoms with E-state index in [2.05, 4.69) is 114 Å². The number of rotatable bonds is 2. The van der Waals surface area contributed by atoms with Crippen LogP contribution in [0.15, 0.2) is 66.9 Å². The maximum absolute atomic E-state index is 5.03. The number of aromatic nitrogens is 2. The first-order chi connectivity index (χ1) is 18.0. The molecule has 38 heavy (non-hydrogen) atoms. The second-order valence-corrected chi connectivity index (χ2v) is 13.8. The molecule has 4 heterocycles. The molecule has 4 aromatic heterocycles. The molecule has 7 aromatic rings. The van der Waals surface area contributed by atoms with Crippen LogP contribution < -0.4 is 0 Å². The topological polar surface area (TPSA) is 17.3 Å². The average Bonchev–Trinajstić information content (AvgIpc) is 3.13. The molecule has 0 radical (unpaired) electrons. The molecule has 3 aromatic carbocycles. The van der Waals surface area contributed by atoms with E-state index >= 15 is 0 Å². The predicted octanol–water partition coefficient (Wildman–Crippen LogP) is 10.0. The number of nitrogens with zero attached hydrogens (tertiary/aromatic N) is 2. The Morgan fingerprint density at radius 2 is 1.29 bits per heavy atom. The van der Waals surface area contributed by atoms with Crippen molar-refractivity contribution in [3.8, 4) is 0 Å². The Kier molecular flexibility index (Phi) is 4.75. The van der Waals surface area contributed by atoms with Gasteiger partial charge in [-0.1, -0.05) is 77.9 Å². The number of pyridine rings is 3. The van der Waals surface area contributed by atoms with Crippen molar-refractivity contribution in [1.29, 1.82) is 0 Å². The third-order valence-corrected chi connectivity index (χ3v) is 8.16. The molecule has 0 saturated heterocycles. The highest BCUT2D eigenvalue weighted by Crippen LogP contribution is 2.45. The highest BCUT2D eigenvalue weighted by Gasteiger charge is 2.26. The van der Waals surface area contributed by atoms with Crippen LogP contribution in [-0.4, -0.2) is 9.38 Å². The van der Waals surface area contributed by atoms with Gasteiger partial charge in [0.1, 0.15) is 0 Å². The molecule has 0 atom stereocenters. The van der Waals surface area contributed by atoms with Crippen molar-refractivity contribution in [2.24, 2.45) is 10.8 Å². The molecule has 2 nitrogen and oxygen atoms in total. The monoisotopic (exact) mass is 496 g/mol. The molecule has 0 bridgehead atoms. The first kappa shape index (κ1) is 23.5. The van der Waals surface area contributed by atoms with Gasteiger partial charge >= 0.3 is 0 Å². The van der Waals surface area contributed by atoms with Crippen molar-refractivity contribution in [3.05, 3.63) is 83.6 Å². The first-order valence-corrected chi connectivity index (χ1v) is 13.9. The minimum Gasteiger partial charge on any atom is -0.306 e. The lowest BCUT2D eigenvalue weighted by Crippen LogP contribution is -2.10. The Bertz CT molecular complexity index is 2040. The summed E-state index contributed by atoms with van der Waals surface area (Å²) in [7, 11) is 0. The lowest BCUT2D eigenvalue weighted by Gasteiger charge is -2.21. The van der Waals surface area contributed by atoms with E-state index in [1.165, 1.54) is 70.9 Å². The molecule has 0 aliphatic carbocycles. The van der Waals surface area contributed by atoms with Crippen molar-refractivity contribution in [2.75, 3.05) is 0 Å². The van der Waals surface area contributed by atoms with E-state index in [-0.39, 0.29) is 10.8 Å². The minimum atomic E-state index is 0.173.